The van der Waals surface area contributed by atoms with Crippen molar-refractivity contribution in [2.24, 2.45) is 11.0 Å². The van der Waals surface area contributed by atoms with E-state index in [-0.39, 0.29) is 11.8 Å². The Morgan fingerprint density at radius 1 is 1.24 bits per heavy atom. The fourth-order valence-electron chi connectivity index (χ4n) is 2.23. The van der Waals surface area contributed by atoms with Gasteiger partial charge in [-0.3, -0.25) is 4.79 Å². The highest BCUT2D eigenvalue weighted by Gasteiger charge is 2.29. The molecule has 1 aliphatic rings. The van der Waals surface area contributed by atoms with Gasteiger partial charge in [0.05, 0.1) is 13.3 Å². The van der Waals surface area contributed by atoms with Crippen LogP contribution in [0.15, 0.2) is 47.6 Å². The summed E-state index contributed by atoms with van der Waals surface area (Å²) in [5.41, 5.74) is 4.37. The molecule has 2 aromatic carbocycles. The zero-order valence-corrected chi connectivity index (χ0v) is 14.6. The molecule has 0 aromatic heterocycles. The molecule has 0 heterocycles. The summed E-state index contributed by atoms with van der Waals surface area (Å²) in [6.07, 6.45) is 3.50. The fraction of sp³-hybridized carbons (Fsp3) is 0.263. The summed E-state index contributed by atoms with van der Waals surface area (Å²) < 4.78 is 11.2. The van der Waals surface area contributed by atoms with Crippen molar-refractivity contribution in [3.8, 4) is 11.5 Å². The van der Waals surface area contributed by atoms with E-state index in [1.807, 2.05) is 42.5 Å². The van der Waals surface area contributed by atoms with Crippen molar-refractivity contribution in [2.45, 2.75) is 19.4 Å². The summed E-state index contributed by atoms with van der Waals surface area (Å²) in [6.45, 7) is 0.415. The molecule has 1 fully saturated rings. The average molecular weight is 359 g/mol. The smallest absolute Gasteiger partial charge is 0.243 e. The lowest BCUT2D eigenvalue weighted by atomic mass is 10.2. The number of hydrazone groups is 1. The van der Waals surface area contributed by atoms with E-state index in [0.29, 0.717) is 23.1 Å². The Labute approximate surface area is 151 Å². The number of carbonyl (C=O) groups is 1. The number of halogens is 1. The lowest BCUT2D eigenvalue weighted by Gasteiger charge is -2.11. The van der Waals surface area contributed by atoms with Gasteiger partial charge in [0.1, 0.15) is 6.61 Å². The number of rotatable bonds is 7. The topological polar surface area (TPSA) is 59.9 Å². The first-order chi connectivity index (χ1) is 12.2. The van der Waals surface area contributed by atoms with Crippen LogP contribution < -0.4 is 14.9 Å². The molecule has 25 heavy (non-hydrogen) atoms. The van der Waals surface area contributed by atoms with Crippen LogP contribution >= 0.6 is 11.6 Å². The molecule has 0 saturated heterocycles. The predicted octanol–water partition coefficient (Wildman–Crippen LogP) is 3.79. The molecule has 0 spiro atoms. The van der Waals surface area contributed by atoms with Crippen LogP contribution in [0.25, 0.3) is 0 Å². The van der Waals surface area contributed by atoms with Crippen molar-refractivity contribution < 1.29 is 14.3 Å². The molecule has 5 nitrogen and oxygen atoms in total. The second-order valence-electron chi connectivity index (χ2n) is 5.83. The van der Waals surface area contributed by atoms with Gasteiger partial charge in [-0.2, -0.15) is 5.10 Å². The average Bonchev–Trinajstić information content (AvgIpc) is 3.47. The number of hydrogen-bond donors (Lipinski definition) is 1. The van der Waals surface area contributed by atoms with Crippen molar-refractivity contribution in [1.29, 1.82) is 0 Å². The molecule has 1 amide bonds. The minimum Gasteiger partial charge on any atom is -0.493 e. The van der Waals surface area contributed by atoms with Crippen molar-refractivity contribution in [3.05, 3.63) is 58.6 Å². The van der Waals surface area contributed by atoms with Crippen LogP contribution in [0.3, 0.4) is 0 Å². The molecule has 6 heteroatoms. The van der Waals surface area contributed by atoms with Gasteiger partial charge >= 0.3 is 0 Å². The molecule has 1 saturated carbocycles. The molecule has 3 rings (SSSR count). The molecule has 0 bridgehead atoms. The van der Waals surface area contributed by atoms with E-state index in [2.05, 4.69) is 10.5 Å². The molecular formula is C19H19ClN2O3. The summed E-state index contributed by atoms with van der Waals surface area (Å²) in [5, 5.41) is 4.67. The maximum atomic E-state index is 11.5. The van der Waals surface area contributed by atoms with Gasteiger partial charge in [0.2, 0.25) is 5.91 Å². The van der Waals surface area contributed by atoms with Crippen molar-refractivity contribution in [3.63, 3.8) is 0 Å². The molecule has 0 aliphatic heterocycles. The number of ether oxygens (including phenoxy) is 2. The summed E-state index contributed by atoms with van der Waals surface area (Å²) in [6, 6.07) is 13.0. The van der Waals surface area contributed by atoms with Gasteiger partial charge in [0, 0.05) is 10.9 Å². The molecule has 2 aromatic rings. The standard InChI is InChI=1S/C19H19ClN2O3/c1-24-18-10-14(11-21-22-19(23)15-5-6-15)4-9-17(18)25-12-13-2-7-16(20)8-3-13/h2-4,7-11,15H,5-6,12H2,1H3,(H,22,23)/b21-11+. The Bertz CT molecular complexity index is 771. The van der Waals surface area contributed by atoms with Gasteiger partial charge in [-0.15, -0.1) is 0 Å². The number of amides is 1. The van der Waals surface area contributed by atoms with Crippen LogP contribution in [0.2, 0.25) is 5.02 Å². The summed E-state index contributed by atoms with van der Waals surface area (Å²) in [5.74, 6) is 1.35. The number of hydrogen-bond acceptors (Lipinski definition) is 4. The van der Waals surface area contributed by atoms with Gasteiger partial charge < -0.3 is 9.47 Å². The van der Waals surface area contributed by atoms with E-state index >= 15 is 0 Å². The van der Waals surface area contributed by atoms with E-state index in [9.17, 15) is 4.79 Å². The molecule has 130 valence electrons. The Kier molecular flexibility index (Phi) is 5.56. The molecule has 0 atom stereocenters. The summed E-state index contributed by atoms with van der Waals surface area (Å²) in [7, 11) is 1.58. The minimum absolute atomic E-state index is 0.0221. The van der Waals surface area contributed by atoms with Gasteiger partial charge in [-0.25, -0.2) is 5.43 Å². The Morgan fingerprint density at radius 3 is 2.68 bits per heavy atom. The van der Waals surface area contributed by atoms with Gasteiger partial charge in [-0.1, -0.05) is 23.7 Å². The van der Waals surface area contributed by atoms with Crippen LogP contribution in [0, 0.1) is 5.92 Å². The lowest BCUT2D eigenvalue weighted by molar-refractivity contribution is -0.122. The van der Waals surface area contributed by atoms with Crippen LogP contribution in [-0.2, 0) is 11.4 Å². The van der Waals surface area contributed by atoms with Crippen molar-refractivity contribution >= 4 is 23.7 Å². The molecule has 0 unspecified atom stereocenters. The number of benzene rings is 2. The van der Waals surface area contributed by atoms with Gasteiger partial charge in [0.15, 0.2) is 11.5 Å². The first-order valence-corrected chi connectivity index (χ1v) is 8.41. The van der Waals surface area contributed by atoms with E-state index in [1.54, 1.807) is 13.3 Å². The fourth-order valence-corrected chi connectivity index (χ4v) is 2.36. The SMILES string of the molecule is COc1cc(/C=N/NC(=O)C2CC2)ccc1OCc1ccc(Cl)cc1. The molecule has 0 radical (unpaired) electrons. The van der Waals surface area contributed by atoms with Crippen LogP contribution in [0.5, 0.6) is 11.5 Å². The molecular weight excluding hydrogens is 340 g/mol. The van der Waals surface area contributed by atoms with E-state index < -0.39 is 0 Å². The van der Waals surface area contributed by atoms with Gasteiger partial charge in [-0.05, 0) is 54.3 Å². The molecule has 1 N–H and O–H groups in total. The van der Waals surface area contributed by atoms with E-state index in [0.717, 1.165) is 24.0 Å². The Hall–Kier alpha value is -2.53. The van der Waals surface area contributed by atoms with Crippen LogP contribution in [0.4, 0.5) is 0 Å². The second kappa shape index (κ2) is 8.03. The van der Waals surface area contributed by atoms with Gasteiger partial charge in [0.25, 0.3) is 0 Å². The summed E-state index contributed by atoms with van der Waals surface area (Å²) in [4.78, 5) is 11.5. The second-order valence-corrected chi connectivity index (χ2v) is 6.27. The van der Waals surface area contributed by atoms with Crippen LogP contribution in [-0.4, -0.2) is 19.2 Å². The minimum atomic E-state index is -0.0221. The third kappa shape index (κ3) is 4.97. The Balaban J connectivity index is 1.61. The maximum Gasteiger partial charge on any atom is 0.243 e. The first kappa shape index (κ1) is 17.3. The van der Waals surface area contributed by atoms with E-state index in [4.69, 9.17) is 21.1 Å². The zero-order chi connectivity index (χ0) is 17.6. The maximum absolute atomic E-state index is 11.5. The van der Waals surface area contributed by atoms with Crippen molar-refractivity contribution in [2.75, 3.05) is 7.11 Å². The van der Waals surface area contributed by atoms with Crippen molar-refractivity contribution in [1.82, 2.24) is 5.43 Å². The number of carbonyl (C=O) groups excluding carboxylic acids is 1. The number of methoxy groups -OCH3 is 1. The molecule has 1 aliphatic carbocycles. The highest BCUT2D eigenvalue weighted by molar-refractivity contribution is 6.30. The highest BCUT2D eigenvalue weighted by Crippen LogP contribution is 2.29. The normalized spacial score (nSPS) is 13.7. The highest BCUT2D eigenvalue weighted by atomic mass is 35.5. The third-order valence-electron chi connectivity index (χ3n) is 3.83. The Morgan fingerprint density at radius 2 is 2.00 bits per heavy atom. The summed E-state index contributed by atoms with van der Waals surface area (Å²) >= 11 is 5.88. The number of nitrogens with zero attached hydrogens (tertiary/aromatic N) is 1. The quantitative estimate of drug-likeness (QED) is 0.605. The monoisotopic (exact) mass is 358 g/mol. The third-order valence-corrected chi connectivity index (χ3v) is 4.08. The first-order valence-electron chi connectivity index (χ1n) is 8.04. The van der Waals surface area contributed by atoms with Crippen LogP contribution in [0.1, 0.15) is 24.0 Å². The number of nitrogens with one attached hydrogen (secondary N) is 1. The largest absolute Gasteiger partial charge is 0.493 e. The zero-order valence-electron chi connectivity index (χ0n) is 13.9. The van der Waals surface area contributed by atoms with E-state index in [1.165, 1.54) is 0 Å². The predicted molar refractivity (Wildman–Crippen MR) is 97.2 cm³/mol. The lowest BCUT2D eigenvalue weighted by Crippen LogP contribution is -2.18.